The van der Waals surface area contributed by atoms with Crippen LogP contribution in [0.3, 0.4) is 0 Å². The molecule has 1 rings (SSSR count). The highest BCUT2D eigenvalue weighted by molar-refractivity contribution is 4.89. The van der Waals surface area contributed by atoms with Crippen molar-refractivity contribution in [1.82, 2.24) is 4.90 Å². The fourth-order valence-electron chi connectivity index (χ4n) is 1.87. The second-order valence-corrected chi connectivity index (χ2v) is 5.12. The van der Waals surface area contributed by atoms with E-state index in [1.54, 1.807) is 4.90 Å². The summed E-state index contributed by atoms with van der Waals surface area (Å²) in [5, 5.41) is 9.34. The molecule has 1 heterocycles. The number of aliphatic hydroxyl groups excluding tert-OH is 1. The van der Waals surface area contributed by atoms with Crippen molar-refractivity contribution >= 4 is 0 Å². The van der Waals surface area contributed by atoms with Crippen LogP contribution < -0.4 is 0 Å². The van der Waals surface area contributed by atoms with Crippen molar-refractivity contribution in [2.75, 3.05) is 13.1 Å². The van der Waals surface area contributed by atoms with E-state index in [1.165, 1.54) is 0 Å². The van der Waals surface area contributed by atoms with Crippen molar-refractivity contribution in [3.8, 4) is 0 Å². The lowest BCUT2D eigenvalue weighted by Gasteiger charge is -2.43. The highest BCUT2D eigenvalue weighted by Crippen LogP contribution is 2.35. The quantitative estimate of drug-likeness (QED) is 0.682. The largest absolute Gasteiger partial charge is 0.395 e. The van der Waals surface area contributed by atoms with Gasteiger partial charge in [-0.25, -0.2) is 0 Å². The van der Waals surface area contributed by atoms with Gasteiger partial charge >= 0.3 is 6.18 Å². The van der Waals surface area contributed by atoms with E-state index < -0.39 is 18.2 Å². The van der Waals surface area contributed by atoms with Crippen molar-refractivity contribution in [2.45, 2.75) is 45.0 Å². The lowest BCUT2D eigenvalue weighted by Crippen LogP contribution is -2.55. The first kappa shape index (κ1) is 12.8. The summed E-state index contributed by atoms with van der Waals surface area (Å²) in [6.45, 7) is 6.08. The van der Waals surface area contributed by atoms with Gasteiger partial charge in [-0.2, -0.15) is 13.2 Å². The first-order valence-electron chi connectivity index (χ1n) is 5.12. The molecule has 0 aromatic carbocycles. The molecule has 90 valence electrons. The monoisotopic (exact) mass is 225 g/mol. The van der Waals surface area contributed by atoms with E-state index >= 15 is 0 Å². The average Bonchev–Trinajstić information content (AvgIpc) is 2.00. The van der Waals surface area contributed by atoms with Gasteiger partial charge in [-0.05, 0) is 27.2 Å². The molecule has 0 aromatic rings. The second kappa shape index (κ2) is 3.94. The Morgan fingerprint density at radius 2 is 1.73 bits per heavy atom. The molecule has 2 nitrogen and oxygen atoms in total. The van der Waals surface area contributed by atoms with E-state index in [9.17, 15) is 18.3 Å². The minimum absolute atomic E-state index is 0.103. The van der Waals surface area contributed by atoms with Gasteiger partial charge in [-0.3, -0.25) is 4.90 Å². The Morgan fingerprint density at radius 1 is 1.20 bits per heavy atom. The van der Waals surface area contributed by atoms with Crippen LogP contribution in [0.4, 0.5) is 13.2 Å². The number of rotatable bonds is 0. The van der Waals surface area contributed by atoms with Gasteiger partial charge in [-0.15, -0.1) is 0 Å². The molecule has 1 fully saturated rings. The number of hydrogen-bond acceptors (Lipinski definition) is 2. The Labute approximate surface area is 88.1 Å². The summed E-state index contributed by atoms with van der Waals surface area (Å²) in [4.78, 5) is 1.78. The summed E-state index contributed by atoms with van der Waals surface area (Å²) >= 11 is 0. The number of nitrogens with zero attached hydrogens (tertiary/aromatic N) is 1. The number of halogens is 3. The number of piperidine rings is 1. The Bertz CT molecular complexity index is 222. The second-order valence-electron chi connectivity index (χ2n) is 5.12. The van der Waals surface area contributed by atoms with Crippen molar-refractivity contribution < 1.29 is 18.3 Å². The van der Waals surface area contributed by atoms with Crippen LogP contribution in [-0.4, -0.2) is 40.9 Å². The number of alkyl halides is 3. The van der Waals surface area contributed by atoms with E-state index in [2.05, 4.69) is 0 Å². The molecule has 2 unspecified atom stereocenters. The van der Waals surface area contributed by atoms with Crippen LogP contribution in [0.1, 0.15) is 27.2 Å². The van der Waals surface area contributed by atoms with Crippen LogP contribution in [-0.2, 0) is 0 Å². The third kappa shape index (κ3) is 3.08. The molecule has 0 aromatic heterocycles. The Morgan fingerprint density at radius 3 is 2.13 bits per heavy atom. The standard InChI is InChI=1S/C10H18F3NO/c1-9(2,3)14-5-4-8(15)7(6-14)10(11,12)13/h7-8,15H,4-6H2,1-3H3. The molecule has 0 bridgehead atoms. The van der Waals surface area contributed by atoms with E-state index in [0.29, 0.717) is 6.54 Å². The lowest BCUT2D eigenvalue weighted by molar-refractivity contribution is -0.217. The molecule has 5 heteroatoms. The summed E-state index contributed by atoms with van der Waals surface area (Å²) in [5.74, 6) is -1.61. The third-order valence-corrected chi connectivity index (χ3v) is 2.95. The molecule has 15 heavy (non-hydrogen) atoms. The van der Waals surface area contributed by atoms with E-state index in [1.807, 2.05) is 20.8 Å². The normalized spacial score (nSPS) is 30.6. The van der Waals surface area contributed by atoms with Crippen LogP contribution in [0.2, 0.25) is 0 Å². The fourth-order valence-corrected chi connectivity index (χ4v) is 1.87. The van der Waals surface area contributed by atoms with Crippen LogP contribution in [0.5, 0.6) is 0 Å². The van der Waals surface area contributed by atoms with Gasteiger partial charge in [0.05, 0.1) is 12.0 Å². The highest BCUT2D eigenvalue weighted by atomic mass is 19.4. The Hall–Kier alpha value is -0.290. The fraction of sp³-hybridized carbons (Fsp3) is 1.00. The highest BCUT2D eigenvalue weighted by Gasteiger charge is 2.48. The number of hydrogen-bond donors (Lipinski definition) is 1. The van der Waals surface area contributed by atoms with Gasteiger partial charge in [0.2, 0.25) is 0 Å². The van der Waals surface area contributed by atoms with E-state index in [4.69, 9.17) is 0 Å². The summed E-state index contributed by atoms with van der Waals surface area (Å²) in [5.41, 5.74) is -0.274. The summed E-state index contributed by atoms with van der Waals surface area (Å²) in [6, 6.07) is 0. The van der Waals surface area contributed by atoms with Crippen molar-refractivity contribution in [1.29, 1.82) is 0 Å². The molecule has 0 saturated carbocycles. The molecule has 1 N–H and O–H groups in total. The van der Waals surface area contributed by atoms with Crippen LogP contribution in [0, 0.1) is 5.92 Å². The lowest BCUT2D eigenvalue weighted by atomic mass is 9.90. The van der Waals surface area contributed by atoms with Gasteiger partial charge < -0.3 is 5.11 Å². The topological polar surface area (TPSA) is 23.5 Å². The Balaban J connectivity index is 2.73. The molecule has 0 aliphatic carbocycles. The maximum Gasteiger partial charge on any atom is 0.395 e. The zero-order chi connectivity index (χ0) is 11.9. The molecular weight excluding hydrogens is 207 g/mol. The molecule has 0 amide bonds. The Kier molecular flexibility index (Phi) is 3.36. The van der Waals surface area contributed by atoms with Crippen LogP contribution in [0.25, 0.3) is 0 Å². The van der Waals surface area contributed by atoms with Gasteiger partial charge in [0.1, 0.15) is 0 Å². The van der Waals surface area contributed by atoms with Gasteiger partial charge in [0.25, 0.3) is 0 Å². The molecule has 0 radical (unpaired) electrons. The van der Waals surface area contributed by atoms with Crippen LogP contribution in [0.15, 0.2) is 0 Å². The minimum atomic E-state index is -4.30. The summed E-state index contributed by atoms with van der Waals surface area (Å²) < 4.78 is 37.7. The van der Waals surface area contributed by atoms with E-state index in [0.717, 1.165) is 0 Å². The van der Waals surface area contributed by atoms with Gasteiger partial charge in [0.15, 0.2) is 0 Å². The molecular formula is C10H18F3NO. The number of aliphatic hydroxyl groups is 1. The predicted octanol–water partition coefficient (Wildman–Crippen LogP) is 2.03. The van der Waals surface area contributed by atoms with Crippen molar-refractivity contribution in [3.05, 3.63) is 0 Å². The van der Waals surface area contributed by atoms with Crippen molar-refractivity contribution in [3.63, 3.8) is 0 Å². The van der Waals surface area contributed by atoms with Crippen LogP contribution >= 0.6 is 0 Å². The zero-order valence-electron chi connectivity index (χ0n) is 9.30. The van der Waals surface area contributed by atoms with Gasteiger partial charge in [-0.1, -0.05) is 0 Å². The maximum atomic E-state index is 12.6. The first-order chi connectivity index (χ1) is 6.62. The first-order valence-corrected chi connectivity index (χ1v) is 5.12. The molecule has 1 aliphatic heterocycles. The molecule has 1 aliphatic rings. The molecule has 0 spiro atoms. The average molecular weight is 225 g/mol. The van der Waals surface area contributed by atoms with Crippen molar-refractivity contribution in [2.24, 2.45) is 5.92 Å². The summed E-state index contributed by atoms with van der Waals surface area (Å²) in [6.07, 6.45) is -5.35. The summed E-state index contributed by atoms with van der Waals surface area (Å²) in [7, 11) is 0. The van der Waals surface area contributed by atoms with E-state index in [-0.39, 0.29) is 18.5 Å². The maximum absolute atomic E-state index is 12.6. The minimum Gasteiger partial charge on any atom is -0.392 e. The molecule has 1 saturated heterocycles. The van der Waals surface area contributed by atoms with Gasteiger partial charge in [0, 0.05) is 18.6 Å². The smallest absolute Gasteiger partial charge is 0.392 e. The predicted molar refractivity (Wildman–Crippen MR) is 51.5 cm³/mol. The third-order valence-electron chi connectivity index (χ3n) is 2.95. The zero-order valence-corrected chi connectivity index (χ0v) is 9.30. The SMILES string of the molecule is CC(C)(C)N1CCC(O)C(C(F)(F)F)C1. The molecule has 2 atom stereocenters. The number of likely N-dealkylation sites (tertiary alicyclic amines) is 1.